The highest BCUT2D eigenvalue weighted by Crippen LogP contribution is 2.28. The van der Waals surface area contributed by atoms with Gasteiger partial charge >= 0.3 is 12.0 Å². The number of benzene rings is 2. The Morgan fingerprint density at radius 1 is 1.04 bits per heavy atom. The fourth-order valence-corrected chi connectivity index (χ4v) is 2.89. The number of carbonyl (C=O) groups is 3. The van der Waals surface area contributed by atoms with Gasteiger partial charge in [0.1, 0.15) is 0 Å². The average Bonchev–Trinajstić information content (AvgIpc) is 2.67. The molecule has 0 saturated carbocycles. The molecule has 0 spiro atoms. The topological polar surface area (TPSA) is 96.5 Å². The predicted octanol–water partition coefficient (Wildman–Crippen LogP) is 2.74. The van der Waals surface area contributed by atoms with E-state index < -0.39 is 18.0 Å². The Morgan fingerprint density at radius 3 is 2.33 bits per heavy atom. The molecule has 0 radical (unpaired) electrons. The lowest BCUT2D eigenvalue weighted by Crippen LogP contribution is -2.45. The zero-order valence-electron chi connectivity index (χ0n) is 14.9. The molecular formula is C20H19N3O4. The Hall–Kier alpha value is -3.61. The zero-order chi connectivity index (χ0) is 19.4. The highest BCUT2D eigenvalue weighted by molar-refractivity contribution is 6.06. The lowest BCUT2D eigenvalue weighted by Gasteiger charge is -2.28. The summed E-state index contributed by atoms with van der Waals surface area (Å²) in [4.78, 5) is 36.4. The van der Waals surface area contributed by atoms with Crippen molar-refractivity contribution in [1.82, 2.24) is 10.6 Å². The molecule has 1 aliphatic rings. The van der Waals surface area contributed by atoms with Crippen LogP contribution in [0.15, 0.2) is 65.9 Å². The van der Waals surface area contributed by atoms with Crippen molar-refractivity contribution in [1.29, 1.82) is 0 Å². The minimum atomic E-state index is -0.644. The number of anilines is 1. The second-order valence-electron chi connectivity index (χ2n) is 6.00. The number of methoxy groups -OCH3 is 1. The minimum absolute atomic E-state index is 0.326. The molecule has 2 aromatic carbocycles. The SMILES string of the molecule is COC(=O)c1ccc([C@H]2NC(=O)NC(C)=C2C(=O)Nc2ccccc2)cc1. The first-order valence-corrected chi connectivity index (χ1v) is 8.32. The molecule has 3 N–H and O–H groups in total. The summed E-state index contributed by atoms with van der Waals surface area (Å²) in [5.41, 5.74) is 2.57. The Morgan fingerprint density at radius 2 is 1.70 bits per heavy atom. The highest BCUT2D eigenvalue weighted by Gasteiger charge is 2.31. The van der Waals surface area contributed by atoms with Gasteiger partial charge in [-0.25, -0.2) is 9.59 Å². The average molecular weight is 365 g/mol. The first-order chi connectivity index (χ1) is 13.0. The number of amides is 3. The summed E-state index contributed by atoms with van der Waals surface area (Å²) in [6.45, 7) is 1.68. The van der Waals surface area contributed by atoms with Crippen LogP contribution in [0.25, 0.3) is 0 Å². The molecule has 2 aromatic rings. The monoisotopic (exact) mass is 365 g/mol. The van der Waals surface area contributed by atoms with E-state index in [0.717, 1.165) is 0 Å². The van der Waals surface area contributed by atoms with Crippen molar-refractivity contribution in [3.8, 4) is 0 Å². The highest BCUT2D eigenvalue weighted by atomic mass is 16.5. The molecule has 0 aliphatic carbocycles. The van der Waals surface area contributed by atoms with Crippen LogP contribution in [0.4, 0.5) is 10.5 Å². The fourth-order valence-electron chi connectivity index (χ4n) is 2.89. The molecular weight excluding hydrogens is 346 g/mol. The fraction of sp³-hybridized carbons (Fsp3) is 0.150. The normalized spacial score (nSPS) is 16.2. The largest absolute Gasteiger partial charge is 0.465 e. The molecule has 3 rings (SSSR count). The molecule has 0 bridgehead atoms. The third-order valence-electron chi connectivity index (χ3n) is 4.21. The van der Waals surface area contributed by atoms with Crippen molar-refractivity contribution in [2.75, 3.05) is 12.4 Å². The van der Waals surface area contributed by atoms with Gasteiger partial charge in [-0.3, -0.25) is 4.79 Å². The van der Waals surface area contributed by atoms with Gasteiger partial charge in [0.05, 0.1) is 24.3 Å². The summed E-state index contributed by atoms with van der Waals surface area (Å²) in [6, 6.07) is 14.6. The van der Waals surface area contributed by atoms with Crippen molar-refractivity contribution in [3.63, 3.8) is 0 Å². The van der Waals surface area contributed by atoms with Crippen molar-refractivity contribution in [2.45, 2.75) is 13.0 Å². The van der Waals surface area contributed by atoms with E-state index in [9.17, 15) is 14.4 Å². The van der Waals surface area contributed by atoms with Crippen molar-refractivity contribution in [2.24, 2.45) is 0 Å². The summed E-state index contributed by atoms with van der Waals surface area (Å²) in [6.07, 6.45) is 0. The summed E-state index contributed by atoms with van der Waals surface area (Å²) >= 11 is 0. The van der Waals surface area contributed by atoms with Crippen molar-refractivity contribution < 1.29 is 19.1 Å². The quantitative estimate of drug-likeness (QED) is 0.726. The van der Waals surface area contributed by atoms with Crippen LogP contribution in [-0.2, 0) is 9.53 Å². The molecule has 7 heteroatoms. The molecule has 0 saturated heterocycles. The number of esters is 1. The summed E-state index contributed by atoms with van der Waals surface area (Å²) < 4.78 is 4.69. The number of nitrogens with one attached hydrogen (secondary N) is 3. The third-order valence-corrected chi connectivity index (χ3v) is 4.21. The van der Waals surface area contributed by atoms with Crippen LogP contribution in [0.3, 0.4) is 0 Å². The lowest BCUT2D eigenvalue weighted by molar-refractivity contribution is -0.113. The van der Waals surface area contributed by atoms with Gasteiger partial charge in [-0.05, 0) is 36.8 Å². The van der Waals surface area contributed by atoms with E-state index in [1.807, 2.05) is 18.2 Å². The van der Waals surface area contributed by atoms with Crippen LogP contribution in [0.2, 0.25) is 0 Å². The first kappa shape index (κ1) is 18.2. The number of carbonyl (C=O) groups excluding carboxylic acids is 3. The molecule has 138 valence electrons. The molecule has 0 unspecified atom stereocenters. The van der Waals surface area contributed by atoms with Gasteiger partial charge in [-0.15, -0.1) is 0 Å². The Labute approximate surface area is 156 Å². The van der Waals surface area contributed by atoms with Gasteiger partial charge in [-0.1, -0.05) is 30.3 Å². The maximum absolute atomic E-state index is 12.9. The minimum Gasteiger partial charge on any atom is -0.465 e. The molecule has 0 fully saturated rings. The van der Waals surface area contributed by atoms with E-state index in [1.54, 1.807) is 43.3 Å². The number of allylic oxidation sites excluding steroid dienone is 1. The third kappa shape index (κ3) is 3.98. The predicted molar refractivity (Wildman–Crippen MR) is 100.0 cm³/mol. The van der Waals surface area contributed by atoms with Crippen LogP contribution in [0.1, 0.15) is 28.9 Å². The van der Waals surface area contributed by atoms with E-state index in [-0.39, 0.29) is 5.91 Å². The van der Waals surface area contributed by atoms with Crippen LogP contribution < -0.4 is 16.0 Å². The van der Waals surface area contributed by atoms with Gasteiger partial charge in [-0.2, -0.15) is 0 Å². The zero-order valence-corrected chi connectivity index (χ0v) is 14.9. The lowest BCUT2D eigenvalue weighted by atomic mass is 9.94. The van der Waals surface area contributed by atoms with Gasteiger partial charge < -0.3 is 20.7 Å². The van der Waals surface area contributed by atoms with Crippen LogP contribution in [0.5, 0.6) is 0 Å². The van der Waals surface area contributed by atoms with Crippen LogP contribution in [-0.4, -0.2) is 25.0 Å². The van der Waals surface area contributed by atoms with E-state index in [0.29, 0.717) is 28.1 Å². The number of hydrogen-bond acceptors (Lipinski definition) is 4. The summed E-state index contributed by atoms with van der Waals surface area (Å²) in [7, 11) is 1.31. The molecule has 7 nitrogen and oxygen atoms in total. The van der Waals surface area contributed by atoms with Gasteiger partial charge in [0.25, 0.3) is 5.91 Å². The summed E-state index contributed by atoms with van der Waals surface area (Å²) in [5.74, 6) is -0.780. The van der Waals surface area contributed by atoms with E-state index >= 15 is 0 Å². The van der Waals surface area contributed by atoms with Gasteiger partial charge in [0, 0.05) is 11.4 Å². The Bertz CT molecular complexity index is 905. The number of ether oxygens (including phenoxy) is 1. The number of urea groups is 1. The Kier molecular flexibility index (Phi) is 5.21. The maximum Gasteiger partial charge on any atom is 0.337 e. The molecule has 27 heavy (non-hydrogen) atoms. The Balaban J connectivity index is 1.92. The van der Waals surface area contributed by atoms with Gasteiger partial charge in [0.2, 0.25) is 0 Å². The molecule has 0 aromatic heterocycles. The first-order valence-electron chi connectivity index (χ1n) is 8.32. The smallest absolute Gasteiger partial charge is 0.337 e. The second kappa shape index (κ2) is 7.74. The standard InChI is InChI=1S/C20H19N3O4/c1-12-16(18(24)22-15-6-4-3-5-7-15)17(23-20(26)21-12)13-8-10-14(11-9-13)19(25)27-2/h3-11,17H,1-2H3,(H,22,24)(H2,21,23,26)/t17-/m1/s1. The number of hydrogen-bond donors (Lipinski definition) is 3. The molecule has 1 heterocycles. The molecule has 3 amide bonds. The molecule has 1 atom stereocenters. The van der Waals surface area contributed by atoms with E-state index in [4.69, 9.17) is 0 Å². The molecule has 1 aliphatic heterocycles. The van der Waals surface area contributed by atoms with Crippen molar-refractivity contribution >= 4 is 23.6 Å². The maximum atomic E-state index is 12.9. The van der Waals surface area contributed by atoms with Crippen LogP contribution >= 0.6 is 0 Å². The number of para-hydroxylation sites is 1. The van der Waals surface area contributed by atoms with E-state index in [1.165, 1.54) is 7.11 Å². The van der Waals surface area contributed by atoms with Crippen molar-refractivity contribution in [3.05, 3.63) is 77.0 Å². The van der Waals surface area contributed by atoms with E-state index in [2.05, 4.69) is 20.7 Å². The summed E-state index contributed by atoms with van der Waals surface area (Å²) in [5, 5.41) is 8.22. The van der Waals surface area contributed by atoms with Gasteiger partial charge in [0.15, 0.2) is 0 Å². The second-order valence-corrected chi connectivity index (χ2v) is 6.00. The van der Waals surface area contributed by atoms with Crippen LogP contribution in [0, 0.1) is 0 Å². The number of rotatable bonds is 4.